The molecule has 2 fully saturated rings. The van der Waals surface area contributed by atoms with Gasteiger partial charge in [0.2, 0.25) is 0 Å². The molecule has 146 valence electrons. The van der Waals surface area contributed by atoms with E-state index in [0.717, 1.165) is 56.3 Å². The smallest absolute Gasteiger partial charge is 0.139 e. The van der Waals surface area contributed by atoms with Crippen LogP contribution >= 0.6 is 0 Å². The first-order chi connectivity index (χ1) is 13.3. The van der Waals surface area contributed by atoms with E-state index in [1.54, 1.807) is 7.11 Å². The highest BCUT2D eigenvalue weighted by atomic mass is 16.5. The Morgan fingerprint density at radius 1 is 1.30 bits per heavy atom. The molecule has 6 heteroatoms. The molecule has 0 aliphatic carbocycles. The number of ether oxygens (including phenoxy) is 2. The molecule has 0 spiro atoms. The van der Waals surface area contributed by atoms with Gasteiger partial charge in [-0.25, -0.2) is 4.98 Å². The second-order valence-corrected chi connectivity index (χ2v) is 7.44. The predicted octanol–water partition coefficient (Wildman–Crippen LogP) is 2.53. The van der Waals surface area contributed by atoms with Gasteiger partial charge in [-0.15, -0.1) is 0 Å². The van der Waals surface area contributed by atoms with Crippen molar-refractivity contribution in [1.29, 1.82) is 0 Å². The fraction of sp³-hybridized carbons (Fsp3) is 0.571. The van der Waals surface area contributed by atoms with Crippen molar-refractivity contribution in [3.8, 4) is 17.1 Å². The Bertz CT molecular complexity index is 734. The molecule has 2 saturated heterocycles. The van der Waals surface area contributed by atoms with Gasteiger partial charge in [0.1, 0.15) is 11.6 Å². The maximum atomic E-state index is 5.83. The monoisotopic (exact) mass is 370 g/mol. The number of aryl methyl sites for hydroxylation is 1. The van der Waals surface area contributed by atoms with E-state index in [1.165, 1.54) is 31.5 Å². The number of hydrogen-bond donors (Lipinski definition) is 1. The summed E-state index contributed by atoms with van der Waals surface area (Å²) in [6.07, 6.45) is 7.83. The van der Waals surface area contributed by atoms with Crippen LogP contribution in [0.4, 0.5) is 0 Å². The lowest BCUT2D eigenvalue weighted by Crippen LogP contribution is -2.38. The van der Waals surface area contributed by atoms with E-state index in [9.17, 15) is 0 Å². The van der Waals surface area contributed by atoms with Gasteiger partial charge < -0.3 is 19.4 Å². The summed E-state index contributed by atoms with van der Waals surface area (Å²) in [7, 11) is 1.75. The molecule has 4 rings (SSSR count). The molecule has 3 heterocycles. The molecule has 2 aliphatic heterocycles. The van der Waals surface area contributed by atoms with E-state index >= 15 is 0 Å². The van der Waals surface area contributed by atoms with E-state index in [0.29, 0.717) is 0 Å². The molecule has 2 aliphatic rings. The predicted molar refractivity (Wildman–Crippen MR) is 106 cm³/mol. The zero-order valence-electron chi connectivity index (χ0n) is 16.2. The molecule has 1 unspecified atom stereocenters. The number of methoxy groups -OCH3 is 1. The number of nitrogens with zero attached hydrogens (tertiary/aromatic N) is 3. The second-order valence-electron chi connectivity index (χ2n) is 7.44. The molecule has 1 aromatic heterocycles. The van der Waals surface area contributed by atoms with Crippen molar-refractivity contribution in [2.24, 2.45) is 0 Å². The molecular formula is C21H30N4O2. The summed E-state index contributed by atoms with van der Waals surface area (Å²) >= 11 is 0. The van der Waals surface area contributed by atoms with Crippen LogP contribution in [0.15, 0.2) is 30.6 Å². The van der Waals surface area contributed by atoms with Crippen molar-refractivity contribution >= 4 is 0 Å². The third kappa shape index (κ3) is 4.51. The quantitative estimate of drug-likeness (QED) is 0.812. The Balaban J connectivity index is 1.50. The van der Waals surface area contributed by atoms with Crippen LogP contribution in [0.2, 0.25) is 0 Å². The number of nitrogens with one attached hydrogen (secondary N) is 1. The van der Waals surface area contributed by atoms with Crippen molar-refractivity contribution in [3.05, 3.63) is 36.2 Å². The van der Waals surface area contributed by atoms with Gasteiger partial charge in [-0.2, -0.15) is 0 Å². The van der Waals surface area contributed by atoms with E-state index < -0.39 is 0 Å². The van der Waals surface area contributed by atoms with E-state index in [-0.39, 0.29) is 6.10 Å². The van der Waals surface area contributed by atoms with Crippen molar-refractivity contribution in [2.45, 2.75) is 38.5 Å². The summed E-state index contributed by atoms with van der Waals surface area (Å²) in [5.74, 6) is 1.98. The molecule has 27 heavy (non-hydrogen) atoms. The standard InChI is InChI=1S/C21H30N4O2/c1-26-20-5-4-17(14-18(20)16-24-9-2-3-10-24)21-23-7-12-25(21)11-6-19-15-22-8-13-27-19/h4-5,7,12,14,19,22H,2-3,6,8-11,13,15-16H2,1H3. The van der Waals surface area contributed by atoms with Crippen LogP contribution in [0.1, 0.15) is 24.8 Å². The van der Waals surface area contributed by atoms with E-state index in [4.69, 9.17) is 9.47 Å². The van der Waals surface area contributed by atoms with Crippen LogP contribution < -0.4 is 10.1 Å². The number of rotatable bonds is 7. The Morgan fingerprint density at radius 3 is 2.96 bits per heavy atom. The van der Waals surface area contributed by atoms with Crippen LogP contribution in [0.3, 0.4) is 0 Å². The number of aromatic nitrogens is 2. The lowest BCUT2D eigenvalue weighted by atomic mass is 10.1. The number of likely N-dealkylation sites (tertiary alicyclic amines) is 1. The molecule has 1 N–H and O–H groups in total. The third-order valence-electron chi connectivity index (χ3n) is 5.54. The number of benzene rings is 1. The van der Waals surface area contributed by atoms with Crippen LogP contribution in [0.25, 0.3) is 11.4 Å². The second kappa shape index (κ2) is 8.87. The zero-order chi connectivity index (χ0) is 18.5. The Labute approximate surface area is 161 Å². The van der Waals surface area contributed by atoms with Crippen molar-refractivity contribution in [1.82, 2.24) is 19.8 Å². The lowest BCUT2D eigenvalue weighted by molar-refractivity contribution is 0.0211. The van der Waals surface area contributed by atoms with Gasteiger partial charge in [-0.1, -0.05) is 0 Å². The lowest BCUT2D eigenvalue weighted by Gasteiger charge is -2.24. The van der Waals surface area contributed by atoms with Crippen LogP contribution in [-0.2, 0) is 17.8 Å². The van der Waals surface area contributed by atoms with Crippen LogP contribution in [-0.4, -0.2) is 60.5 Å². The fourth-order valence-electron chi connectivity index (χ4n) is 4.06. The number of hydrogen-bond acceptors (Lipinski definition) is 5. The third-order valence-corrected chi connectivity index (χ3v) is 5.54. The molecule has 6 nitrogen and oxygen atoms in total. The molecule has 1 atom stereocenters. The molecule has 0 saturated carbocycles. The summed E-state index contributed by atoms with van der Waals surface area (Å²) in [6, 6.07) is 6.44. The highest BCUT2D eigenvalue weighted by molar-refractivity contribution is 5.59. The minimum absolute atomic E-state index is 0.288. The molecule has 0 amide bonds. The first kappa shape index (κ1) is 18.5. The highest BCUT2D eigenvalue weighted by Crippen LogP contribution is 2.28. The van der Waals surface area contributed by atoms with Gasteiger partial charge in [0.05, 0.1) is 19.8 Å². The van der Waals surface area contributed by atoms with Crippen LogP contribution in [0, 0.1) is 0 Å². The maximum absolute atomic E-state index is 5.83. The van der Waals surface area contributed by atoms with Gasteiger partial charge in [-0.3, -0.25) is 4.90 Å². The van der Waals surface area contributed by atoms with Crippen molar-refractivity contribution in [3.63, 3.8) is 0 Å². The number of imidazole rings is 1. The Kier molecular flexibility index (Phi) is 6.07. The summed E-state index contributed by atoms with van der Waals surface area (Å²) in [6.45, 7) is 6.91. The summed E-state index contributed by atoms with van der Waals surface area (Å²) in [5, 5.41) is 3.40. The maximum Gasteiger partial charge on any atom is 0.139 e. The zero-order valence-corrected chi connectivity index (χ0v) is 16.2. The van der Waals surface area contributed by atoms with E-state index in [2.05, 4.69) is 44.2 Å². The van der Waals surface area contributed by atoms with Gasteiger partial charge in [0.15, 0.2) is 0 Å². The molecule has 0 bridgehead atoms. The van der Waals surface area contributed by atoms with Gasteiger partial charge in [0.25, 0.3) is 0 Å². The van der Waals surface area contributed by atoms with Crippen LogP contribution in [0.5, 0.6) is 5.75 Å². The van der Waals surface area contributed by atoms with Gasteiger partial charge in [-0.05, 0) is 50.6 Å². The molecule has 0 radical (unpaired) electrons. The Morgan fingerprint density at radius 2 is 2.19 bits per heavy atom. The SMILES string of the molecule is COc1ccc(-c2nccn2CCC2CNCCO2)cc1CN1CCCC1. The minimum Gasteiger partial charge on any atom is -0.496 e. The summed E-state index contributed by atoms with van der Waals surface area (Å²) in [5.41, 5.74) is 2.39. The first-order valence-corrected chi connectivity index (χ1v) is 10.1. The van der Waals surface area contributed by atoms with Crippen molar-refractivity contribution in [2.75, 3.05) is 39.9 Å². The molecule has 2 aromatic rings. The average Bonchev–Trinajstić information content (AvgIpc) is 3.39. The fourth-order valence-corrected chi connectivity index (χ4v) is 4.06. The average molecular weight is 370 g/mol. The van der Waals surface area contributed by atoms with Gasteiger partial charge in [0, 0.05) is 49.7 Å². The minimum atomic E-state index is 0.288. The van der Waals surface area contributed by atoms with Gasteiger partial charge >= 0.3 is 0 Å². The number of morpholine rings is 1. The topological polar surface area (TPSA) is 51.6 Å². The summed E-state index contributed by atoms with van der Waals surface area (Å²) < 4.78 is 13.7. The van der Waals surface area contributed by atoms with Crippen molar-refractivity contribution < 1.29 is 9.47 Å². The first-order valence-electron chi connectivity index (χ1n) is 10.1. The van der Waals surface area contributed by atoms with E-state index in [1.807, 2.05) is 6.20 Å². The Hall–Kier alpha value is -1.89. The normalized spacial score (nSPS) is 20.9. The molecular weight excluding hydrogens is 340 g/mol. The largest absolute Gasteiger partial charge is 0.496 e. The highest BCUT2D eigenvalue weighted by Gasteiger charge is 2.17. The summed E-state index contributed by atoms with van der Waals surface area (Å²) in [4.78, 5) is 7.13. The molecule has 1 aromatic carbocycles.